The third-order valence-corrected chi connectivity index (χ3v) is 2.39. The van der Waals surface area contributed by atoms with E-state index in [2.05, 4.69) is 5.32 Å². The Labute approximate surface area is 88.4 Å². The molecule has 1 atom stereocenters. The SMILES string of the molecule is O=C(NC[C@H]1CCCO1)C1=COCCO1. The third kappa shape index (κ3) is 2.86. The molecule has 1 amide bonds. The second kappa shape index (κ2) is 5.02. The first kappa shape index (κ1) is 10.3. The summed E-state index contributed by atoms with van der Waals surface area (Å²) in [5.41, 5.74) is 0. The first-order valence-electron chi connectivity index (χ1n) is 5.20. The molecular formula is C10H15NO4. The summed E-state index contributed by atoms with van der Waals surface area (Å²) in [4.78, 5) is 11.5. The van der Waals surface area contributed by atoms with Crippen LogP contribution in [0.4, 0.5) is 0 Å². The average molecular weight is 213 g/mol. The van der Waals surface area contributed by atoms with Crippen molar-refractivity contribution in [3.8, 4) is 0 Å². The van der Waals surface area contributed by atoms with Gasteiger partial charge in [0.15, 0.2) is 0 Å². The van der Waals surface area contributed by atoms with Crippen molar-refractivity contribution in [2.45, 2.75) is 18.9 Å². The highest BCUT2D eigenvalue weighted by Crippen LogP contribution is 2.11. The monoisotopic (exact) mass is 213 g/mol. The topological polar surface area (TPSA) is 56.8 Å². The van der Waals surface area contributed by atoms with Gasteiger partial charge in [-0.2, -0.15) is 0 Å². The van der Waals surface area contributed by atoms with Crippen LogP contribution in [0.2, 0.25) is 0 Å². The van der Waals surface area contributed by atoms with Crippen LogP contribution in [0.15, 0.2) is 12.0 Å². The maximum Gasteiger partial charge on any atom is 0.289 e. The molecule has 2 aliphatic rings. The van der Waals surface area contributed by atoms with E-state index < -0.39 is 0 Å². The summed E-state index contributed by atoms with van der Waals surface area (Å²) in [6.45, 7) is 2.27. The van der Waals surface area contributed by atoms with E-state index in [0.29, 0.717) is 19.8 Å². The Kier molecular flexibility index (Phi) is 3.45. The van der Waals surface area contributed by atoms with Gasteiger partial charge < -0.3 is 19.5 Å². The molecule has 0 aromatic rings. The summed E-state index contributed by atoms with van der Waals surface area (Å²) in [7, 11) is 0. The molecule has 1 fully saturated rings. The average Bonchev–Trinajstić information content (AvgIpc) is 2.80. The summed E-state index contributed by atoms with van der Waals surface area (Å²) >= 11 is 0. The van der Waals surface area contributed by atoms with Crippen molar-refractivity contribution in [2.75, 3.05) is 26.4 Å². The summed E-state index contributed by atoms with van der Waals surface area (Å²) in [5.74, 6) is 0.0180. The Hall–Kier alpha value is -1.23. The molecule has 0 aromatic carbocycles. The molecule has 0 unspecified atom stereocenters. The maximum atomic E-state index is 11.5. The van der Waals surface area contributed by atoms with Crippen molar-refractivity contribution in [3.63, 3.8) is 0 Å². The quantitative estimate of drug-likeness (QED) is 0.726. The Bertz CT molecular complexity index is 258. The van der Waals surface area contributed by atoms with E-state index in [9.17, 15) is 4.79 Å². The van der Waals surface area contributed by atoms with Crippen LogP contribution in [0.1, 0.15) is 12.8 Å². The Morgan fingerprint density at radius 1 is 1.47 bits per heavy atom. The van der Waals surface area contributed by atoms with Gasteiger partial charge in [-0.15, -0.1) is 0 Å². The van der Waals surface area contributed by atoms with Gasteiger partial charge in [0, 0.05) is 13.2 Å². The van der Waals surface area contributed by atoms with Gasteiger partial charge >= 0.3 is 0 Å². The molecule has 0 aliphatic carbocycles. The smallest absolute Gasteiger partial charge is 0.289 e. The van der Waals surface area contributed by atoms with Crippen LogP contribution in [0.25, 0.3) is 0 Å². The second-order valence-electron chi connectivity index (χ2n) is 3.55. The van der Waals surface area contributed by atoms with Crippen LogP contribution < -0.4 is 5.32 Å². The maximum absolute atomic E-state index is 11.5. The zero-order valence-corrected chi connectivity index (χ0v) is 8.53. The number of rotatable bonds is 3. The molecule has 0 bridgehead atoms. The highest BCUT2D eigenvalue weighted by molar-refractivity contribution is 5.91. The highest BCUT2D eigenvalue weighted by Gasteiger charge is 2.19. The van der Waals surface area contributed by atoms with Crippen LogP contribution in [-0.4, -0.2) is 38.4 Å². The van der Waals surface area contributed by atoms with Gasteiger partial charge in [0.2, 0.25) is 5.76 Å². The summed E-state index contributed by atoms with van der Waals surface area (Å²) in [5, 5.41) is 2.76. The lowest BCUT2D eigenvalue weighted by Gasteiger charge is -2.16. The molecule has 2 heterocycles. The van der Waals surface area contributed by atoms with Crippen LogP contribution in [-0.2, 0) is 19.0 Å². The Balaban J connectivity index is 1.73. The number of nitrogens with one attached hydrogen (secondary N) is 1. The van der Waals surface area contributed by atoms with Crippen molar-refractivity contribution in [3.05, 3.63) is 12.0 Å². The minimum atomic E-state index is -0.231. The molecule has 0 spiro atoms. The van der Waals surface area contributed by atoms with Gasteiger partial charge in [-0.25, -0.2) is 0 Å². The molecule has 5 heteroatoms. The number of hydrogen-bond donors (Lipinski definition) is 1. The largest absolute Gasteiger partial charge is 0.494 e. The molecule has 1 saturated heterocycles. The van der Waals surface area contributed by atoms with Gasteiger partial charge in [-0.05, 0) is 12.8 Å². The molecule has 0 aromatic heterocycles. The van der Waals surface area contributed by atoms with Gasteiger partial charge in [0.05, 0.1) is 6.10 Å². The predicted molar refractivity (Wildman–Crippen MR) is 52.0 cm³/mol. The van der Waals surface area contributed by atoms with Crippen molar-refractivity contribution in [1.82, 2.24) is 5.32 Å². The van der Waals surface area contributed by atoms with E-state index in [1.807, 2.05) is 0 Å². The molecule has 0 radical (unpaired) electrons. The van der Waals surface area contributed by atoms with Gasteiger partial charge in [0.1, 0.15) is 19.5 Å². The first-order chi connectivity index (χ1) is 7.36. The summed E-state index contributed by atoms with van der Waals surface area (Å²) < 4.78 is 15.5. The van der Waals surface area contributed by atoms with E-state index in [0.717, 1.165) is 19.4 Å². The zero-order chi connectivity index (χ0) is 10.5. The van der Waals surface area contributed by atoms with Crippen LogP contribution in [0.3, 0.4) is 0 Å². The highest BCUT2D eigenvalue weighted by atomic mass is 16.6. The van der Waals surface area contributed by atoms with Crippen molar-refractivity contribution in [1.29, 1.82) is 0 Å². The number of amides is 1. The number of hydrogen-bond acceptors (Lipinski definition) is 4. The molecule has 0 saturated carbocycles. The molecule has 5 nitrogen and oxygen atoms in total. The lowest BCUT2D eigenvalue weighted by Crippen LogP contribution is -2.34. The number of carbonyl (C=O) groups excluding carboxylic acids is 1. The minimum Gasteiger partial charge on any atom is -0.494 e. The summed E-state index contributed by atoms with van der Waals surface area (Å²) in [6, 6.07) is 0. The van der Waals surface area contributed by atoms with E-state index in [1.165, 1.54) is 6.26 Å². The summed E-state index contributed by atoms with van der Waals surface area (Å²) in [6.07, 6.45) is 3.59. The Morgan fingerprint density at radius 3 is 3.07 bits per heavy atom. The van der Waals surface area contributed by atoms with Crippen LogP contribution in [0.5, 0.6) is 0 Å². The fraction of sp³-hybridized carbons (Fsp3) is 0.700. The first-order valence-corrected chi connectivity index (χ1v) is 5.20. The van der Waals surface area contributed by atoms with Gasteiger partial charge in [-0.3, -0.25) is 4.79 Å². The molecule has 15 heavy (non-hydrogen) atoms. The van der Waals surface area contributed by atoms with Crippen molar-refractivity contribution >= 4 is 5.91 Å². The molecule has 2 rings (SSSR count). The normalized spacial score (nSPS) is 25.1. The van der Waals surface area contributed by atoms with Crippen molar-refractivity contribution in [2.24, 2.45) is 0 Å². The third-order valence-electron chi connectivity index (χ3n) is 2.39. The van der Waals surface area contributed by atoms with Crippen LogP contribution in [0, 0.1) is 0 Å². The van der Waals surface area contributed by atoms with E-state index >= 15 is 0 Å². The Morgan fingerprint density at radius 2 is 2.40 bits per heavy atom. The standard InChI is InChI=1S/C10H15NO4/c12-10(9-7-13-4-5-15-9)11-6-8-2-1-3-14-8/h7-8H,1-6H2,(H,11,12)/t8-/m1/s1. The van der Waals surface area contributed by atoms with E-state index in [1.54, 1.807) is 0 Å². The van der Waals surface area contributed by atoms with Gasteiger partial charge in [-0.1, -0.05) is 0 Å². The molecule has 1 N–H and O–H groups in total. The lowest BCUT2D eigenvalue weighted by molar-refractivity contribution is -0.122. The number of carbonyl (C=O) groups is 1. The second-order valence-corrected chi connectivity index (χ2v) is 3.55. The predicted octanol–water partition coefficient (Wildman–Crippen LogP) is 0.170. The van der Waals surface area contributed by atoms with Gasteiger partial charge in [0.25, 0.3) is 5.91 Å². The molecule has 2 aliphatic heterocycles. The zero-order valence-electron chi connectivity index (χ0n) is 8.53. The lowest BCUT2D eigenvalue weighted by atomic mass is 10.2. The minimum absolute atomic E-state index is 0.152. The molecular weight excluding hydrogens is 198 g/mol. The number of ether oxygens (including phenoxy) is 3. The van der Waals surface area contributed by atoms with E-state index in [-0.39, 0.29) is 17.8 Å². The molecule has 84 valence electrons. The van der Waals surface area contributed by atoms with Crippen molar-refractivity contribution < 1.29 is 19.0 Å². The van der Waals surface area contributed by atoms with E-state index in [4.69, 9.17) is 14.2 Å². The van der Waals surface area contributed by atoms with Crippen LogP contribution >= 0.6 is 0 Å². The fourth-order valence-corrected chi connectivity index (χ4v) is 1.59. The fourth-order valence-electron chi connectivity index (χ4n) is 1.59.